The predicted octanol–water partition coefficient (Wildman–Crippen LogP) is -0.363. The van der Waals surface area contributed by atoms with Crippen LogP contribution in [0.4, 0.5) is 0 Å². The molecule has 128 valence electrons. The highest BCUT2D eigenvalue weighted by Crippen LogP contribution is 2.13. The highest BCUT2D eigenvalue weighted by atomic mass is 32.2. The van der Waals surface area contributed by atoms with Crippen molar-refractivity contribution in [1.82, 2.24) is 14.5 Å². The molecule has 1 unspecified atom stereocenters. The lowest BCUT2D eigenvalue weighted by Crippen LogP contribution is -2.54. The lowest BCUT2D eigenvalue weighted by atomic mass is 10.2. The summed E-state index contributed by atoms with van der Waals surface area (Å²) >= 11 is 0. The van der Waals surface area contributed by atoms with E-state index in [0.29, 0.717) is 26.2 Å². The van der Waals surface area contributed by atoms with E-state index in [1.165, 1.54) is 4.31 Å². The number of nitrogens with zero attached hydrogens (tertiary/aromatic N) is 2. The molecule has 2 saturated heterocycles. The van der Waals surface area contributed by atoms with Gasteiger partial charge in [-0.05, 0) is 33.2 Å². The van der Waals surface area contributed by atoms with E-state index in [-0.39, 0.29) is 30.4 Å². The molecule has 0 bridgehead atoms. The second kappa shape index (κ2) is 7.72. The molecular weight excluding hydrogens is 306 g/mol. The van der Waals surface area contributed by atoms with Crippen LogP contribution in [0.15, 0.2) is 0 Å². The van der Waals surface area contributed by atoms with Crippen molar-refractivity contribution in [1.29, 1.82) is 0 Å². The Morgan fingerprint density at radius 2 is 1.95 bits per heavy atom. The van der Waals surface area contributed by atoms with Gasteiger partial charge >= 0.3 is 0 Å². The van der Waals surface area contributed by atoms with Gasteiger partial charge in [-0.25, -0.2) is 8.42 Å². The summed E-state index contributed by atoms with van der Waals surface area (Å²) in [5.74, 6) is 0.112. The van der Waals surface area contributed by atoms with E-state index in [0.717, 1.165) is 19.4 Å². The van der Waals surface area contributed by atoms with Gasteiger partial charge in [-0.15, -0.1) is 0 Å². The largest absolute Gasteiger partial charge is 0.378 e. The first-order valence-corrected chi connectivity index (χ1v) is 9.62. The Labute approximate surface area is 133 Å². The van der Waals surface area contributed by atoms with Crippen molar-refractivity contribution >= 4 is 15.9 Å². The maximum Gasteiger partial charge on any atom is 0.239 e. The molecule has 0 aromatic heterocycles. The Morgan fingerprint density at radius 1 is 1.27 bits per heavy atom. The van der Waals surface area contributed by atoms with Gasteiger partial charge < -0.3 is 15.0 Å². The van der Waals surface area contributed by atoms with Crippen LogP contribution in [0.1, 0.15) is 26.7 Å². The highest BCUT2D eigenvalue weighted by Gasteiger charge is 2.32. The van der Waals surface area contributed by atoms with Crippen molar-refractivity contribution in [2.45, 2.75) is 38.8 Å². The van der Waals surface area contributed by atoms with Gasteiger partial charge in [0.1, 0.15) is 0 Å². The number of amides is 1. The summed E-state index contributed by atoms with van der Waals surface area (Å²) in [6.45, 7) is 6.57. The second-order valence-corrected chi connectivity index (χ2v) is 8.20. The first-order valence-electron chi connectivity index (χ1n) is 8.02. The fourth-order valence-electron chi connectivity index (χ4n) is 2.82. The average molecular weight is 333 g/mol. The minimum absolute atomic E-state index is 0.00328. The minimum atomic E-state index is -3.29. The molecule has 8 heteroatoms. The van der Waals surface area contributed by atoms with E-state index in [1.54, 1.807) is 4.90 Å². The molecule has 2 rings (SSSR count). The standard InChI is InChI=1S/C14H27N3O4S/c1-12(2)21-10-11-22(19,20)17-8-6-16(7-9-17)14(18)13-4-3-5-15-13/h12-13,15H,3-11H2,1-2H3. The molecule has 2 heterocycles. The van der Waals surface area contributed by atoms with Gasteiger partial charge in [0.15, 0.2) is 0 Å². The van der Waals surface area contributed by atoms with E-state index < -0.39 is 10.0 Å². The molecular formula is C14H27N3O4S. The van der Waals surface area contributed by atoms with Crippen LogP contribution in [0.2, 0.25) is 0 Å². The molecule has 0 radical (unpaired) electrons. The van der Waals surface area contributed by atoms with Crippen molar-refractivity contribution in [2.75, 3.05) is 45.1 Å². The molecule has 2 aliphatic heterocycles. The third-order valence-electron chi connectivity index (χ3n) is 4.09. The number of sulfonamides is 1. The number of carbonyl (C=O) groups excluding carboxylic acids is 1. The quantitative estimate of drug-likeness (QED) is 0.718. The summed E-state index contributed by atoms with van der Waals surface area (Å²) in [5.41, 5.74) is 0. The molecule has 2 aliphatic rings. The summed E-state index contributed by atoms with van der Waals surface area (Å²) in [4.78, 5) is 14.1. The van der Waals surface area contributed by atoms with Crippen LogP contribution in [-0.4, -0.2) is 80.8 Å². The molecule has 0 spiro atoms. The van der Waals surface area contributed by atoms with Crippen molar-refractivity contribution in [3.8, 4) is 0 Å². The van der Waals surface area contributed by atoms with Gasteiger partial charge in [-0.3, -0.25) is 4.79 Å². The Bertz CT molecular complexity index is 466. The van der Waals surface area contributed by atoms with Crippen LogP contribution in [-0.2, 0) is 19.6 Å². The summed E-state index contributed by atoms with van der Waals surface area (Å²) in [6.07, 6.45) is 1.94. The third kappa shape index (κ3) is 4.65. The monoisotopic (exact) mass is 333 g/mol. The third-order valence-corrected chi connectivity index (χ3v) is 5.93. The van der Waals surface area contributed by atoms with E-state index in [1.807, 2.05) is 13.8 Å². The van der Waals surface area contributed by atoms with Crippen LogP contribution >= 0.6 is 0 Å². The number of hydrogen-bond acceptors (Lipinski definition) is 5. The average Bonchev–Trinajstić information content (AvgIpc) is 3.00. The van der Waals surface area contributed by atoms with Gasteiger partial charge in [0.2, 0.25) is 15.9 Å². The van der Waals surface area contributed by atoms with E-state index in [9.17, 15) is 13.2 Å². The van der Waals surface area contributed by atoms with Crippen molar-refractivity contribution in [3.05, 3.63) is 0 Å². The van der Waals surface area contributed by atoms with Gasteiger partial charge in [0.05, 0.1) is 24.5 Å². The van der Waals surface area contributed by atoms with Crippen molar-refractivity contribution in [2.24, 2.45) is 0 Å². The zero-order valence-electron chi connectivity index (χ0n) is 13.5. The number of nitrogens with one attached hydrogen (secondary N) is 1. The minimum Gasteiger partial charge on any atom is -0.378 e. The summed E-state index contributed by atoms with van der Waals surface area (Å²) in [5, 5.41) is 3.19. The van der Waals surface area contributed by atoms with Crippen LogP contribution in [0.25, 0.3) is 0 Å². The maximum atomic E-state index is 12.3. The molecule has 0 saturated carbocycles. The Balaban J connectivity index is 1.79. The van der Waals surface area contributed by atoms with Gasteiger partial charge in [0, 0.05) is 26.2 Å². The zero-order valence-corrected chi connectivity index (χ0v) is 14.3. The second-order valence-electron chi connectivity index (χ2n) is 6.11. The number of piperazine rings is 1. The topological polar surface area (TPSA) is 79.0 Å². The molecule has 0 aromatic carbocycles. The normalized spacial score (nSPS) is 24.1. The summed E-state index contributed by atoms with van der Waals surface area (Å²) in [7, 11) is -3.29. The first kappa shape index (κ1) is 17.7. The molecule has 1 amide bonds. The van der Waals surface area contributed by atoms with Gasteiger partial charge in [-0.2, -0.15) is 4.31 Å². The van der Waals surface area contributed by atoms with Crippen LogP contribution in [0.3, 0.4) is 0 Å². The molecule has 1 atom stereocenters. The number of rotatable bonds is 6. The molecule has 1 N–H and O–H groups in total. The fraction of sp³-hybridized carbons (Fsp3) is 0.929. The lowest BCUT2D eigenvalue weighted by molar-refractivity contribution is -0.134. The van der Waals surface area contributed by atoms with Crippen LogP contribution in [0.5, 0.6) is 0 Å². The SMILES string of the molecule is CC(C)OCCS(=O)(=O)N1CCN(C(=O)C2CCCN2)CC1. The molecule has 22 heavy (non-hydrogen) atoms. The summed E-state index contributed by atoms with van der Waals surface area (Å²) in [6, 6.07) is -0.0809. The Hall–Kier alpha value is -0.700. The van der Waals surface area contributed by atoms with Crippen molar-refractivity contribution in [3.63, 3.8) is 0 Å². The first-order chi connectivity index (χ1) is 10.4. The smallest absolute Gasteiger partial charge is 0.239 e. The van der Waals surface area contributed by atoms with Crippen LogP contribution in [0, 0.1) is 0 Å². The Morgan fingerprint density at radius 3 is 2.50 bits per heavy atom. The molecule has 0 aromatic rings. The lowest BCUT2D eigenvalue weighted by Gasteiger charge is -2.35. The van der Waals surface area contributed by atoms with Crippen LogP contribution < -0.4 is 5.32 Å². The highest BCUT2D eigenvalue weighted by molar-refractivity contribution is 7.89. The van der Waals surface area contributed by atoms with Gasteiger partial charge in [-0.1, -0.05) is 0 Å². The van der Waals surface area contributed by atoms with E-state index in [2.05, 4.69) is 5.32 Å². The number of hydrogen-bond donors (Lipinski definition) is 1. The maximum absolute atomic E-state index is 12.3. The Kier molecular flexibility index (Phi) is 6.19. The van der Waals surface area contributed by atoms with E-state index in [4.69, 9.17) is 4.74 Å². The summed E-state index contributed by atoms with van der Waals surface area (Å²) < 4.78 is 31.3. The molecule has 0 aliphatic carbocycles. The zero-order chi connectivity index (χ0) is 16.2. The molecule has 7 nitrogen and oxygen atoms in total. The number of carbonyl (C=O) groups is 1. The molecule has 2 fully saturated rings. The van der Waals surface area contributed by atoms with Gasteiger partial charge in [0.25, 0.3) is 0 Å². The predicted molar refractivity (Wildman–Crippen MR) is 84.1 cm³/mol. The van der Waals surface area contributed by atoms with Crippen molar-refractivity contribution < 1.29 is 17.9 Å². The van der Waals surface area contributed by atoms with E-state index >= 15 is 0 Å². The number of ether oxygens (including phenoxy) is 1. The fourth-order valence-corrected chi connectivity index (χ4v) is 4.11.